The zero-order valence-corrected chi connectivity index (χ0v) is 17.2. The molecule has 154 valence electrons. The second kappa shape index (κ2) is 8.69. The average Bonchev–Trinajstić information content (AvgIpc) is 2.77. The van der Waals surface area contributed by atoms with Gasteiger partial charge in [-0.1, -0.05) is 54.6 Å². The zero-order chi connectivity index (χ0) is 21.0. The third-order valence-electron chi connectivity index (χ3n) is 5.03. The Morgan fingerprint density at radius 1 is 0.900 bits per heavy atom. The number of carbonyl (C=O) groups excluding carboxylic acids is 1. The second-order valence-corrected chi connectivity index (χ2v) is 8.84. The molecule has 0 fully saturated rings. The van der Waals surface area contributed by atoms with E-state index in [-0.39, 0.29) is 10.8 Å². The molecule has 7 heteroatoms. The first-order valence-electron chi connectivity index (χ1n) is 9.83. The molecule has 0 aliphatic carbocycles. The van der Waals surface area contributed by atoms with Crippen molar-refractivity contribution in [2.75, 3.05) is 11.9 Å². The van der Waals surface area contributed by atoms with Gasteiger partial charge >= 0.3 is 0 Å². The van der Waals surface area contributed by atoms with E-state index in [0.29, 0.717) is 17.8 Å². The van der Waals surface area contributed by atoms with E-state index in [1.807, 2.05) is 18.2 Å². The van der Waals surface area contributed by atoms with Crippen LogP contribution in [0.4, 0.5) is 5.69 Å². The topological polar surface area (TPSA) is 87.3 Å². The molecule has 1 atom stereocenters. The summed E-state index contributed by atoms with van der Waals surface area (Å²) < 4.78 is 27.6. The lowest BCUT2D eigenvalue weighted by molar-refractivity contribution is 0.0953. The molecule has 3 N–H and O–H groups in total. The van der Waals surface area contributed by atoms with Gasteiger partial charge in [0.05, 0.1) is 5.69 Å². The number of nitrogens with one attached hydrogen (secondary N) is 3. The summed E-state index contributed by atoms with van der Waals surface area (Å²) in [7, 11) is -3.60. The van der Waals surface area contributed by atoms with Crippen molar-refractivity contribution in [3.05, 3.63) is 95.6 Å². The first kappa shape index (κ1) is 20.1. The largest absolute Gasteiger partial charge is 0.364 e. The van der Waals surface area contributed by atoms with E-state index in [4.69, 9.17) is 0 Å². The summed E-state index contributed by atoms with van der Waals surface area (Å²) in [5.41, 5.74) is 3.08. The van der Waals surface area contributed by atoms with E-state index in [0.717, 1.165) is 18.4 Å². The van der Waals surface area contributed by atoms with Crippen LogP contribution in [0, 0.1) is 0 Å². The molecule has 6 nitrogen and oxygen atoms in total. The highest BCUT2D eigenvalue weighted by atomic mass is 32.2. The number of para-hydroxylation sites is 1. The number of amides is 1. The van der Waals surface area contributed by atoms with Gasteiger partial charge in [-0.2, -0.15) is 4.72 Å². The average molecular weight is 422 g/mol. The molecule has 1 heterocycles. The molecule has 0 radical (unpaired) electrons. The van der Waals surface area contributed by atoms with Gasteiger partial charge in [-0.25, -0.2) is 8.42 Å². The van der Waals surface area contributed by atoms with Crippen LogP contribution in [0.1, 0.15) is 34.1 Å². The fraction of sp³-hybridized carbons (Fsp3) is 0.174. The van der Waals surface area contributed by atoms with Gasteiger partial charge < -0.3 is 10.6 Å². The minimum atomic E-state index is -3.60. The van der Waals surface area contributed by atoms with Crippen LogP contribution >= 0.6 is 0 Å². The standard InChI is InChI=1S/C23H23N3O3S/c27-23(24-16-6-9-17-7-2-1-3-8-17)19-14-12-18(13-15-19)22-25-20-10-4-5-11-21(20)30(28,29)26-22/h1-5,7-8,10-15,22,25-26H,6,9,16H2,(H,24,27). The van der Waals surface area contributed by atoms with Gasteiger partial charge in [0.15, 0.2) is 0 Å². The summed E-state index contributed by atoms with van der Waals surface area (Å²) >= 11 is 0. The summed E-state index contributed by atoms with van der Waals surface area (Å²) in [5, 5.41) is 6.11. The summed E-state index contributed by atoms with van der Waals surface area (Å²) in [6.45, 7) is 0.593. The van der Waals surface area contributed by atoms with Gasteiger partial charge in [-0.05, 0) is 48.2 Å². The number of hydrogen-bond donors (Lipinski definition) is 3. The number of aryl methyl sites for hydroxylation is 1. The molecule has 1 aliphatic rings. The van der Waals surface area contributed by atoms with Gasteiger partial charge in [-0.15, -0.1) is 0 Å². The lowest BCUT2D eigenvalue weighted by atomic mass is 10.1. The number of fused-ring (bicyclic) bond motifs is 1. The lowest BCUT2D eigenvalue weighted by Gasteiger charge is -2.28. The van der Waals surface area contributed by atoms with Crippen molar-refractivity contribution in [1.82, 2.24) is 10.0 Å². The van der Waals surface area contributed by atoms with Crippen molar-refractivity contribution in [1.29, 1.82) is 0 Å². The summed E-state index contributed by atoms with van der Waals surface area (Å²) in [6.07, 6.45) is 1.18. The fourth-order valence-electron chi connectivity index (χ4n) is 3.44. The molecule has 30 heavy (non-hydrogen) atoms. The normalized spacial score (nSPS) is 16.9. The zero-order valence-electron chi connectivity index (χ0n) is 16.3. The predicted molar refractivity (Wildman–Crippen MR) is 117 cm³/mol. The number of anilines is 1. The van der Waals surface area contributed by atoms with Gasteiger partial charge in [0.2, 0.25) is 10.0 Å². The van der Waals surface area contributed by atoms with Crippen LogP contribution in [0.15, 0.2) is 83.8 Å². The highest BCUT2D eigenvalue weighted by Gasteiger charge is 2.29. The summed E-state index contributed by atoms with van der Waals surface area (Å²) in [5.74, 6) is -0.142. The maximum atomic E-state index is 12.5. The SMILES string of the molecule is O=C(NCCCc1ccccc1)c1ccc(C2Nc3ccccc3S(=O)(=O)N2)cc1. The van der Waals surface area contributed by atoms with Crippen LogP contribution in [0.5, 0.6) is 0 Å². The molecule has 3 aromatic rings. The van der Waals surface area contributed by atoms with Gasteiger partial charge in [-0.3, -0.25) is 4.79 Å². The second-order valence-electron chi connectivity index (χ2n) is 7.16. The fourth-order valence-corrected chi connectivity index (χ4v) is 4.75. The minimum absolute atomic E-state index is 0.142. The van der Waals surface area contributed by atoms with Gasteiger partial charge in [0.25, 0.3) is 5.91 Å². The smallest absolute Gasteiger partial charge is 0.251 e. The van der Waals surface area contributed by atoms with Crippen LogP contribution in [-0.2, 0) is 16.4 Å². The van der Waals surface area contributed by atoms with Crippen LogP contribution in [0.2, 0.25) is 0 Å². The van der Waals surface area contributed by atoms with Crippen molar-refractivity contribution in [2.24, 2.45) is 0 Å². The molecular weight excluding hydrogens is 398 g/mol. The Labute approximate surface area is 176 Å². The molecular formula is C23H23N3O3S. The number of sulfonamides is 1. The first-order valence-corrected chi connectivity index (χ1v) is 11.3. The molecule has 0 aromatic heterocycles. The Bertz CT molecular complexity index is 1130. The Hall–Kier alpha value is -3.16. The predicted octanol–water partition coefficient (Wildman–Crippen LogP) is 3.45. The van der Waals surface area contributed by atoms with Crippen LogP contribution in [-0.4, -0.2) is 20.9 Å². The molecule has 1 unspecified atom stereocenters. The number of benzene rings is 3. The molecule has 1 amide bonds. The van der Waals surface area contributed by atoms with Crippen LogP contribution in [0.3, 0.4) is 0 Å². The van der Waals surface area contributed by atoms with E-state index >= 15 is 0 Å². The van der Waals surface area contributed by atoms with Crippen LogP contribution < -0.4 is 15.4 Å². The Balaban J connectivity index is 1.35. The maximum absolute atomic E-state index is 12.5. The minimum Gasteiger partial charge on any atom is -0.364 e. The summed E-state index contributed by atoms with van der Waals surface area (Å²) in [4.78, 5) is 12.6. The van der Waals surface area contributed by atoms with E-state index in [1.165, 1.54) is 5.56 Å². The van der Waals surface area contributed by atoms with Crippen molar-refractivity contribution >= 4 is 21.6 Å². The van der Waals surface area contributed by atoms with E-state index in [1.54, 1.807) is 48.5 Å². The van der Waals surface area contributed by atoms with Crippen molar-refractivity contribution in [3.8, 4) is 0 Å². The van der Waals surface area contributed by atoms with E-state index in [2.05, 4.69) is 27.5 Å². The maximum Gasteiger partial charge on any atom is 0.251 e. The third-order valence-corrected chi connectivity index (χ3v) is 6.51. The Morgan fingerprint density at radius 3 is 2.37 bits per heavy atom. The molecule has 4 rings (SSSR count). The lowest BCUT2D eigenvalue weighted by Crippen LogP contribution is -2.38. The molecule has 0 saturated carbocycles. The van der Waals surface area contributed by atoms with Gasteiger partial charge in [0, 0.05) is 12.1 Å². The number of hydrogen-bond acceptors (Lipinski definition) is 4. The summed E-state index contributed by atoms with van der Waals surface area (Å²) in [6, 6.07) is 23.9. The van der Waals surface area contributed by atoms with Crippen molar-refractivity contribution < 1.29 is 13.2 Å². The van der Waals surface area contributed by atoms with Gasteiger partial charge in [0.1, 0.15) is 11.1 Å². The van der Waals surface area contributed by atoms with Crippen LogP contribution in [0.25, 0.3) is 0 Å². The van der Waals surface area contributed by atoms with Crippen molar-refractivity contribution in [2.45, 2.75) is 23.9 Å². The molecule has 0 saturated heterocycles. The number of rotatable bonds is 6. The van der Waals surface area contributed by atoms with E-state index in [9.17, 15) is 13.2 Å². The molecule has 0 spiro atoms. The monoisotopic (exact) mass is 421 g/mol. The Kier molecular flexibility index (Phi) is 5.83. The Morgan fingerprint density at radius 2 is 1.60 bits per heavy atom. The third kappa shape index (κ3) is 4.53. The highest BCUT2D eigenvalue weighted by Crippen LogP contribution is 2.30. The van der Waals surface area contributed by atoms with E-state index < -0.39 is 16.2 Å². The molecule has 1 aliphatic heterocycles. The molecule has 0 bridgehead atoms. The van der Waals surface area contributed by atoms with Crippen molar-refractivity contribution in [3.63, 3.8) is 0 Å². The number of carbonyl (C=O) groups is 1. The molecule has 3 aromatic carbocycles. The quantitative estimate of drug-likeness (QED) is 0.532. The first-order chi connectivity index (χ1) is 14.5. The highest BCUT2D eigenvalue weighted by molar-refractivity contribution is 7.89.